The van der Waals surface area contributed by atoms with Crippen LogP contribution in [0.5, 0.6) is 11.5 Å². The normalized spacial score (nSPS) is 12.7. The number of fused-ring (bicyclic) bond motifs is 1. The summed E-state index contributed by atoms with van der Waals surface area (Å²) in [6.07, 6.45) is 1.55. The summed E-state index contributed by atoms with van der Waals surface area (Å²) in [5, 5.41) is 3.57. The van der Waals surface area contributed by atoms with Crippen LogP contribution in [-0.4, -0.2) is 31.6 Å². The Labute approximate surface area is 198 Å². The molecule has 3 aromatic carbocycles. The van der Waals surface area contributed by atoms with Gasteiger partial charge in [0.15, 0.2) is 6.61 Å². The fourth-order valence-corrected chi connectivity index (χ4v) is 3.65. The quantitative estimate of drug-likeness (QED) is 0.448. The molecule has 6 nitrogen and oxygen atoms in total. The fourth-order valence-electron chi connectivity index (χ4n) is 3.53. The van der Waals surface area contributed by atoms with Crippen molar-refractivity contribution in [2.24, 2.45) is 0 Å². The minimum absolute atomic E-state index is 0.00332. The number of unbranched alkanes of at least 4 members (excludes halogenated alkanes) is 1. The number of ether oxygens (including phenoxy) is 2. The third kappa shape index (κ3) is 5.84. The average molecular weight is 465 g/mol. The molecule has 7 heteroatoms. The molecule has 0 aromatic heterocycles. The first kappa shape index (κ1) is 22.7. The molecule has 2 amide bonds. The number of nitrogens with one attached hydrogen (secondary N) is 1. The van der Waals surface area contributed by atoms with Crippen molar-refractivity contribution >= 4 is 34.8 Å². The van der Waals surface area contributed by atoms with Crippen molar-refractivity contribution in [2.75, 3.05) is 30.0 Å². The number of halogens is 1. The van der Waals surface area contributed by atoms with Crippen LogP contribution in [0.1, 0.15) is 28.8 Å². The van der Waals surface area contributed by atoms with Crippen molar-refractivity contribution in [1.29, 1.82) is 0 Å². The largest absolute Gasteiger partial charge is 0.494 e. The Balaban J connectivity index is 1.36. The molecule has 0 fully saturated rings. The zero-order valence-corrected chi connectivity index (χ0v) is 19.1. The lowest BCUT2D eigenvalue weighted by Crippen LogP contribution is -2.39. The predicted octanol–water partition coefficient (Wildman–Crippen LogP) is 5.49. The first-order valence-corrected chi connectivity index (χ1v) is 11.2. The highest BCUT2D eigenvalue weighted by Gasteiger charge is 2.25. The van der Waals surface area contributed by atoms with E-state index in [0.29, 0.717) is 40.9 Å². The summed E-state index contributed by atoms with van der Waals surface area (Å²) >= 11 is 5.89. The minimum Gasteiger partial charge on any atom is -0.494 e. The molecule has 1 N–H and O–H groups in total. The molecular weight excluding hydrogens is 440 g/mol. The standard InChI is InChI=1S/C26H25ClN2O4/c1-18-4-6-19(7-5-18)26(31)28-21-10-13-24-23(16-21)29(25(30)17-33-24)14-2-3-15-32-22-11-8-20(27)9-12-22/h4-13,16H,2-3,14-15,17H2,1H3,(H,28,31). The van der Waals surface area contributed by atoms with Crippen LogP contribution >= 0.6 is 11.6 Å². The molecule has 0 unspecified atom stereocenters. The molecule has 1 heterocycles. The van der Waals surface area contributed by atoms with Gasteiger partial charge in [-0.3, -0.25) is 9.59 Å². The smallest absolute Gasteiger partial charge is 0.265 e. The van der Waals surface area contributed by atoms with E-state index in [-0.39, 0.29) is 18.4 Å². The number of nitrogens with zero attached hydrogens (tertiary/aromatic N) is 1. The summed E-state index contributed by atoms with van der Waals surface area (Å²) in [6, 6.07) is 19.9. The molecule has 1 aliphatic heterocycles. The lowest BCUT2D eigenvalue weighted by Gasteiger charge is -2.30. The number of carbonyl (C=O) groups excluding carboxylic acids is 2. The summed E-state index contributed by atoms with van der Waals surface area (Å²) in [4.78, 5) is 26.8. The lowest BCUT2D eigenvalue weighted by molar-refractivity contribution is -0.121. The first-order chi connectivity index (χ1) is 16.0. The molecule has 0 saturated heterocycles. The van der Waals surface area contributed by atoms with Gasteiger partial charge in [0, 0.05) is 22.8 Å². The van der Waals surface area contributed by atoms with Crippen molar-refractivity contribution in [2.45, 2.75) is 19.8 Å². The summed E-state index contributed by atoms with van der Waals surface area (Å²) in [7, 11) is 0. The van der Waals surface area contributed by atoms with E-state index in [4.69, 9.17) is 21.1 Å². The van der Waals surface area contributed by atoms with Crippen molar-refractivity contribution < 1.29 is 19.1 Å². The Bertz CT molecular complexity index is 1130. The van der Waals surface area contributed by atoms with Crippen LogP contribution in [-0.2, 0) is 4.79 Å². The topological polar surface area (TPSA) is 67.9 Å². The summed E-state index contributed by atoms with van der Waals surface area (Å²) in [5.41, 5.74) is 2.92. The second-order valence-electron chi connectivity index (χ2n) is 7.85. The van der Waals surface area contributed by atoms with Crippen LogP contribution in [0.15, 0.2) is 66.7 Å². The number of hydrogen-bond donors (Lipinski definition) is 1. The van der Waals surface area contributed by atoms with Crippen LogP contribution in [0.4, 0.5) is 11.4 Å². The summed E-state index contributed by atoms with van der Waals surface area (Å²) < 4.78 is 11.3. The molecular formula is C26H25ClN2O4. The monoisotopic (exact) mass is 464 g/mol. The number of rotatable bonds is 8. The van der Waals surface area contributed by atoms with Gasteiger partial charge in [-0.1, -0.05) is 29.3 Å². The van der Waals surface area contributed by atoms with Gasteiger partial charge < -0.3 is 19.7 Å². The van der Waals surface area contributed by atoms with Crippen molar-refractivity contribution in [3.63, 3.8) is 0 Å². The van der Waals surface area contributed by atoms with Crippen molar-refractivity contribution in [3.8, 4) is 11.5 Å². The van der Waals surface area contributed by atoms with Gasteiger partial charge in [0.25, 0.3) is 11.8 Å². The highest BCUT2D eigenvalue weighted by molar-refractivity contribution is 6.30. The van der Waals surface area contributed by atoms with E-state index in [2.05, 4.69) is 5.32 Å². The Kier molecular flexibility index (Phi) is 7.15. The maximum Gasteiger partial charge on any atom is 0.265 e. The number of hydrogen-bond acceptors (Lipinski definition) is 4. The second-order valence-corrected chi connectivity index (χ2v) is 8.28. The molecule has 4 rings (SSSR count). The van der Waals surface area contributed by atoms with Gasteiger partial charge in [-0.25, -0.2) is 0 Å². The van der Waals surface area contributed by atoms with Crippen LogP contribution < -0.4 is 19.7 Å². The van der Waals surface area contributed by atoms with Gasteiger partial charge in [-0.15, -0.1) is 0 Å². The maximum absolute atomic E-state index is 12.6. The number of amides is 2. The molecule has 0 aliphatic carbocycles. The highest BCUT2D eigenvalue weighted by Crippen LogP contribution is 2.35. The molecule has 0 saturated carbocycles. The van der Waals surface area contributed by atoms with Crippen LogP contribution in [0.3, 0.4) is 0 Å². The Hall–Kier alpha value is -3.51. The van der Waals surface area contributed by atoms with Gasteiger partial charge in [-0.05, 0) is 74.4 Å². The van der Waals surface area contributed by atoms with Gasteiger partial charge in [0.1, 0.15) is 11.5 Å². The number of carbonyl (C=O) groups is 2. The third-order valence-electron chi connectivity index (χ3n) is 5.33. The van der Waals surface area contributed by atoms with Gasteiger partial charge in [0.2, 0.25) is 0 Å². The number of benzene rings is 3. The van der Waals surface area contributed by atoms with Crippen LogP contribution in [0.2, 0.25) is 5.02 Å². The van der Waals surface area contributed by atoms with Gasteiger partial charge >= 0.3 is 0 Å². The summed E-state index contributed by atoms with van der Waals surface area (Å²) in [6.45, 7) is 3.05. The summed E-state index contributed by atoms with van der Waals surface area (Å²) in [5.74, 6) is 1.08. The molecule has 0 spiro atoms. The Morgan fingerprint density at radius 1 is 1.06 bits per heavy atom. The average Bonchev–Trinajstić information content (AvgIpc) is 2.81. The number of aryl methyl sites for hydroxylation is 1. The maximum atomic E-state index is 12.6. The van der Waals surface area contributed by atoms with Crippen molar-refractivity contribution in [1.82, 2.24) is 0 Å². The molecule has 0 atom stereocenters. The second kappa shape index (κ2) is 10.4. The Morgan fingerprint density at radius 2 is 1.82 bits per heavy atom. The molecule has 0 bridgehead atoms. The molecule has 3 aromatic rings. The SMILES string of the molecule is Cc1ccc(C(=O)Nc2ccc3c(c2)N(CCCCOc2ccc(Cl)cc2)C(=O)CO3)cc1. The number of anilines is 2. The van der Waals surface area contributed by atoms with Crippen LogP contribution in [0, 0.1) is 6.92 Å². The molecule has 33 heavy (non-hydrogen) atoms. The first-order valence-electron chi connectivity index (χ1n) is 10.8. The highest BCUT2D eigenvalue weighted by atomic mass is 35.5. The van der Waals surface area contributed by atoms with E-state index in [1.807, 2.05) is 31.2 Å². The molecule has 170 valence electrons. The van der Waals surface area contributed by atoms with E-state index in [1.54, 1.807) is 47.4 Å². The fraction of sp³-hybridized carbons (Fsp3) is 0.231. The van der Waals surface area contributed by atoms with Crippen LogP contribution in [0.25, 0.3) is 0 Å². The molecule has 1 aliphatic rings. The lowest BCUT2D eigenvalue weighted by atomic mass is 10.1. The van der Waals surface area contributed by atoms with E-state index >= 15 is 0 Å². The van der Waals surface area contributed by atoms with Gasteiger partial charge in [0.05, 0.1) is 12.3 Å². The third-order valence-corrected chi connectivity index (χ3v) is 5.58. The zero-order chi connectivity index (χ0) is 23.2. The Morgan fingerprint density at radius 3 is 2.58 bits per heavy atom. The minimum atomic E-state index is -0.205. The van der Waals surface area contributed by atoms with E-state index in [9.17, 15) is 9.59 Å². The van der Waals surface area contributed by atoms with E-state index in [0.717, 1.165) is 24.2 Å². The van der Waals surface area contributed by atoms with Gasteiger partial charge in [-0.2, -0.15) is 0 Å². The van der Waals surface area contributed by atoms with E-state index < -0.39 is 0 Å². The van der Waals surface area contributed by atoms with Crippen molar-refractivity contribution in [3.05, 3.63) is 82.9 Å². The molecule has 0 radical (unpaired) electrons. The van der Waals surface area contributed by atoms with E-state index in [1.165, 1.54) is 0 Å². The predicted molar refractivity (Wildman–Crippen MR) is 130 cm³/mol. The zero-order valence-electron chi connectivity index (χ0n) is 18.3.